The average molecular weight is 354 g/mol. The predicted octanol–water partition coefficient (Wildman–Crippen LogP) is 3.10. The van der Waals surface area contributed by atoms with Crippen LogP contribution >= 0.6 is 15.9 Å². The van der Waals surface area contributed by atoms with E-state index in [1.165, 1.54) is 24.3 Å². The van der Waals surface area contributed by atoms with E-state index in [1.807, 2.05) is 18.2 Å². The average Bonchev–Trinajstić information content (AvgIpc) is 2.40. The molecule has 2 aromatic carbocycles. The minimum absolute atomic E-state index is 0.190. The van der Waals surface area contributed by atoms with Crippen LogP contribution in [0.15, 0.2) is 57.9 Å². The normalized spacial score (nSPS) is 11.1. The first-order chi connectivity index (χ1) is 9.38. The van der Waals surface area contributed by atoms with Gasteiger partial charge in [-0.05, 0) is 52.3 Å². The molecule has 20 heavy (non-hydrogen) atoms. The first-order valence-electron chi connectivity index (χ1n) is 5.74. The van der Waals surface area contributed by atoms with Gasteiger partial charge in [0.1, 0.15) is 0 Å². The summed E-state index contributed by atoms with van der Waals surface area (Å²) in [6.45, 7) is 0. The summed E-state index contributed by atoms with van der Waals surface area (Å²) >= 11 is 3.34. The summed E-state index contributed by atoms with van der Waals surface area (Å²) in [6, 6.07) is 13.1. The summed E-state index contributed by atoms with van der Waals surface area (Å²) in [6.07, 6.45) is 1.13. The number of sulfone groups is 1. The van der Waals surface area contributed by atoms with Crippen molar-refractivity contribution in [1.29, 1.82) is 0 Å². The summed E-state index contributed by atoms with van der Waals surface area (Å²) in [5.41, 5.74) is 1.05. The number of hydrogen-bond acceptors (Lipinski definition) is 3. The topological polar surface area (TPSA) is 63.2 Å². The van der Waals surface area contributed by atoms with Crippen LogP contribution in [0.3, 0.4) is 0 Å². The van der Waals surface area contributed by atoms with Crippen molar-refractivity contribution in [3.8, 4) is 0 Å². The highest BCUT2D eigenvalue weighted by atomic mass is 79.9. The van der Waals surface area contributed by atoms with Crippen LogP contribution < -0.4 is 5.32 Å². The summed E-state index contributed by atoms with van der Waals surface area (Å²) < 4.78 is 23.5. The fraction of sp³-hybridized carbons (Fsp3) is 0.0714. The maximum Gasteiger partial charge on any atom is 0.255 e. The van der Waals surface area contributed by atoms with Gasteiger partial charge in [0.2, 0.25) is 0 Å². The molecular weight excluding hydrogens is 342 g/mol. The fourth-order valence-electron chi connectivity index (χ4n) is 1.61. The molecule has 0 aliphatic rings. The predicted molar refractivity (Wildman–Crippen MR) is 81.6 cm³/mol. The van der Waals surface area contributed by atoms with Crippen LogP contribution in [0.5, 0.6) is 0 Å². The number of amides is 1. The van der Waals surface area contributed by atoms with Crippen molar-refractivity contribution in [2.75, 3.05) is 11.6 Å². The van der Waals surface area contributed by atoms with Crippen molar-refractivity contribution in [2.45, 2.75) is 4.90 Å². The third kappa shape index (κ3) is 3.46. The first kappa shape index (κ1) is 14.7. The second kappa shape index (κ2) is 5.76. The van der Waals surface area contributed by atoms with Gasteiger partial charge in [-0.3, -0.25) is 4.79 Å². The minimum Gasteiger partial charge on any atom is -0.321 e. The van der Waals surface area contributed by atoms with Crippen molar-refractivity contribution >= 4 is 37.4 Å². The molecule has 1 amide bonds. The lowest BCUT2D eigenvalue weighted by molar-refractivity contribution is 0.102. The molecule has 0 saturated heterocycles. The zero-order valence-corrected chi connectivity index (χ0v) is 13.0. The molecule has 2 rings (SSSR count). The van der Waals surface area contributed by atoms with Gasteiger partial charge in [0.25, 0.3) is 5.91 Å². The van der Waals surface area contributed by atoms with Crippen molar-refractivity contribution in [1.82, 2.24) is 0 Å². The summed E-state index contributed by atoms with van der Waals surface area (Å²) in [5.74, 6) is -0.294. The van der Waals surface area contributed by atoms with Gasteiger partial charge in [0, 0.05) is 16.3 Å². The molecule has 0 radical (unpaired) electrons. The lowest BCUT2D eigenvalue weighted by Crippen LogP contribution is -2.12. The fourth-order valence-corrected chi connectivity index (χ4v) is 2.62. The maximum absolute atomic E-state index is 12.0. The van der Waals surface area contributed by atoms with Crippen molar-refractivity contribution < 1.29 is 13.2 Å². The monoisotopic (exact) mass is 353 g/mol. The summed E-state index contributed by atoms with van der Waals surface area (Å²) in [5, 5.41) is 2.75. The van der Waals surface area contributed by atoms with E-state index in [0.29, 0.717) is 11.3 Å². The quantitative estimate of drug-likeness (QED) is 0.921. The Morgan fingerprint density at radius 2 is 1.65 bits per heavy atom. The van der Waals surface area contributed by atoms with Gasteiger partial charge in [-0.1, -0.05) is 12.1 Å². The number of carbonyl (C=O) groups is 1. The van der Waals surface area contributed by atoms with E-state index in [1.54, 1.807) is 6.07 Å². The van der Waals surface area contributed by atoms with Crippen LogP contribution in [-0.4, -0.2) is 20.6 Å². The molecule has 104 valence electrons. The number of hydrogen-bond donors (Lipinski definition) is 1. The smallest absolute Gasteiger partial charge is 0.255 e. The molecular formula is C14H12BrNO3S. The van der Waals surface area contributed by atoms with Crippen LogP contribution in [0, 0.1) is 0 Å². The molecule has 0 aromatic heterocycles. The standard InChI is InChI=1S/C14H12BrNO3S/c1-20(18,19)11-8-6-10(7-9-11)14(17)16-13-5-3-2-4-12(13)15/h2-9H,1H3,(H,16,17). The highest BCUT2D eigenvalue weighted by Gasteiger charge is 2.10. The van der Waals surface area contributed by atoms with Gasteiger partial charge in [-0.2, -0.15) is 0 Å². The Hall–Kier alpha value is -1.66. The Kier molecular flexibility index (Phi) is 4.25. The maximum atomic E-state index is 12.0. The van der Waals surface area contributed by atoms with E-state index >= 15 is 0 Å². The van der Waals surface area contributed by atoms with Gasteiger partial charge in [0.05, 0.1) is 10.6 Å². The van der Waals surface area contributed by atoms with Crippen LogP contribution in [-0.2, 0) is 9.84 Å². The Morgan fingerprint density at radius 3 is 2.20 bits per heavy atom. The first-order valence-corrected chi connectivity index (χ1v) is 8.42. The molecule has 0 saturated carbocycles. The van der Waals surface area contributed by atoms with Gasteiger partial charge in [0.15, 0.2) is 9.84 Å². The van der Waals surface area contributed by atoms with Crippen molar-refractivity contribution in [3.05, 3.63) is 58.6 Å². The Bertz CT molecular complexity index is 739. The van der Waals surface area contributed by atoms with Crippen molar-refractivity contribution in [2.24, 2.45) is 0 Å². The molecule has 0 heterocycles. The van der Waals surface area contributed by atoms with E-state index in [-0.39, 0.29) is 10.8 Å². The Labute approximate surface area is 125 Å². The van der Waals surface area contributed by atoms with E-state index in [0.717, 1.165) is 10.7 Å². The molecule has 0 atom stereocenters. The number of anilines is 1. The molecule has 2 aromatic rings. The third-order valence-corrected chi connectivity index (χ3v) is 4.49. The molecule has 0 aliphatic heterocycles. The number of benzene rings is 2. The molecule has 0 unspecified atom stereocenters. The molecule has 0 fully saturated rings. The van der Waals surface area contributed by atoms with E-state index in [4.69, 9.17) is 0 Å². The number of halogens is 1. The van der Waals surface area contributed by atoms with Gasteiger partial charge < -0.3 is 5.32 Å². The second-order valence-electron chi connectivity index (χ2n) is 4.23. The molecule has 6 heteroatoms. The van der Waals surface area contributed by atoms with Crippen LogP contribution in [0.25, 0.3) is 0 Å². The lowest BCUT2D eigenvalue weighted by atomic mass is 10.2. The second-order valence-corrected chi connectivity index (χ2v) is 7.10. The lowest BCUT2D eigenvalue weighted by Gasteiger charge is -2.07. The summed E-state index contributed by atoms with van der Waals surface area (Å²) in [4.78, 5) is 12.2. The Morgan fingerprint density at radius 1 is 1.05 bits per heavy atom. The highest BCUT2D eigenvalue weighted by molar-refractivity contribution is 9.10. The van der Waals surface area contributed by atoms with Crippen molar-refractivity contribution in [3.63, 3.8) is 0 Å². The minimum atomic E-state index is -3.25. The van der Waals surface area contributed by atoms with Gasteiger partial charge >= 0.3 is 0 Å². The van der Waals surface area contributed by atoms with E-state index in [2.05, 4.69) is 21.2 Å². The molecule has 4 nitrogen and oxygen atoms in total. The largest absolute Gasteiger partial charge is 0.321 e. The van der Waals surface area contributed by atoms with Crippen LogP contribution in [0.4, 0.5) is 5.69 Å². The highest BCUT2D eigenvalue weighted by Crippen LogP contribution is 2.22. The van der Waals surface area contributed by atoms with Gasteiger partial charge in [-0.15, -0.1) is 0 Å². The molecule has 0 spiro atoms. The van der Waals surface area contributed by atoms with E-state index in [9.17, 15) is 13.2 Å². The third-order valence-electron chi connectivity index (χ3n) is 2.67. The number of nitrogens with one attached hydrogen (secondary N) is 1. The SMILES string of the molecule is CS(=O)(=O)c1ccc(C(=O)Nc2ccccc2Br)cc1. The number of rotatable bonds is 3. The number of carbonyl (C=O) groups excluding carboxylic acids is 1. The van der Waals surface area contributed by atoms with Gasteiger partial charge in [-0.25, -0.2) is 8.42 Å². The van der Waals surface area contributed by atoms with E-state index < -0.39 is 9.84 Å². The summed E-state index contributed by atoms with van der Waals surface area (Å²) in [7, 11) is -3.25. The van der Waals surface area contributed by atoms with Crippen LogP contribution in [0.2, 0.25) is 0 Å². The Balaban J connectivity index is 2.20. The number of para-hydroxylation sites is 1. The molecule has 1 N–H and O–H groups in total. The van der Waals surface area contributed by atoms with Crippen LogP contribution in [0.1, 0.15) is 10.4 Å². The zero-order chi connectivity index (χ0) is 14.8. The zero-order valence-electron chi connectivity index (χ0n) is 10.6. The molecule has 0 aliphatic carbocycles. The molecule has 0 bridgehead atoms.